The Morgan fingerprint density at radius 1 is 1.50 bits per heavy atom. The van der Waals surface area contributed by atoms with E-state index in [1.165, 1.54) is 7.11 Å². The number of carbonyl (C=O) groups is 1. The lowest BCUT2D eigenvalue weighted by molar-refractivity contribution is -0.145. The second-order valence-corrected chi connectivity index (χ2v) is 7.69. The Bertz CT molecular complexity index is 626. The first-order valence-corrected chi connectivity index (χ1v) is 8.70. The number of hydrogen-bond acceptors (Lipinski definition) is 8. The fraction of sp³-hybridized carbons (Fsp3) is 0.636. The third-order valence-electron chi connectivity index (χ3n) is 3.43. The van der Waals surface area contributed by atoms with Gasteiger partial charge in [0.2, 0.25) is 0 Å². The number of hydrogen-bond donors (Lipinski definition) is 1. The van der Waals surface area contributed by atoms with E-state index in [9.17, 15) is 13.2 Å². The Hall–Kier alpha value is -1.35. The van der Waals surface area contributed by atoms with E-state index < -0.39 is 9.84 Å². The summed E-state index contributed by atoms with van der Waals surface area (Å²) in [6.07, 6.45) is 1.11. The first-order valence-electron chi connectivity index (χ1n) is 6.03. The summed E-state index contributed by atoms with van der Waals surface area (Å²) >= 11 is 1.04. The zero-order valence-corrected chi connectivity index (χ0v) is 13.1. The normalized spacial score (nSPS) is 23.1. The molecule has 0 aromatic carbocycles. The molecule has 0 bridgehead atoms. The summed E-state index contributed by atoms with van der Waals surface area (Å²) in [7, 11) is -2.10. The van der Waals surface area contributed by atoms with Gasteiger partial charge in [0.25, 0.3) is 0 Å². The Balaban J connectivity index is 2.34. The highest BCUT2D eigenvalue weighted by Crippen LogP contribution is 2.38. The van der Waals surface area contributed by atoms with Gasteiger partial charge in [0.1, 0.15) is 9.90 Å². The van der Waals surface area contributed by atoms with Gasteiger partial charge in [0.05, 0.1) is 13.0 Å². The minimum Gasteiger partial charge on any atom is -0.469 e. The molecule has 0 spiro atoms. The van der Waals surface area contributed by atoms with Crippen molar-refractivity contribution < 1.29 is 17.9 Å². The lowest BCUT2D eigenvalue weighted by atomic mass is 9.99. The molecule has 2 rings (SSSR count). The molecule has 1 aromatic heterocycles. The maximum absolute atomic E-state index is 11.8. The van der Waals surface area contributed by atoms with E-state index in [1.54, 1.807) is 0 Å². The van der Waals surface area contributed by atoms with E-state index in [2.05, 4.69) is 4.37 Å². The van der Waals surface area contributed by atoms with Gasteiger partial charge in [0.15, 0.2) is 15.7 Å². The first-order chi connectivity index (χ1) is 9.25. The van der Waals surface area contributed by atoms with Crippen LogP contribution in [0.5, 0.6) is 0 Å². The molecule has 1 saturated heterocycles. The van der Waals surface area contributed by atoms with Gasteiger partial charge in [-0.1, -0.05) is 6.92 Å². The van der Waals surface area contributed by atoms with Crippen molar-refractivity contribution in [1.82, 2.24) is 4.37 Å². The van der Waals surface area contributed by atoms with Gasteiger partial charge in [0, 0.05) is 19.3 Å². The van der Waals surface area contributed by atoms with Gasteiger partial charge >= 0.3 is 5.97 Å². The summed E-state index contributed by atoms with van der Waals surface area (Å²) in [5.41, 5.74) is 5.65. The van der Waals surface area contributed by atoms with Crippen LogP contribution in [0.3, 0.4) is 0 Å². The maximum atomic E-state index is 11.8. The van der Waals surface area contributed by atoms with Crippen molar-refractivity contribution >= 4 is 38.2 Å². The van der Waals surface area contributed by atoms with Crippen molar-refractivity contribution in [2.75, 3.05) is 37.1 Å². The van der Waals surface area contributed by atoms with Crippen molar-refractivity contribution in [3.63, 3.8) is 0 Å². The van der Waals surface area contributed by atoms with E-state index in [-0.39, 0.29) is 28.5 Å². The van der Waals surface area contributed by atoms with Crippen LogP contribution in [-0.4, -0.2) is 45.2 Å². The smallest absolute Gasteiger partial charge is 0.310 e. The second-order valence-electron chi connectivity index (χ2n) is 4.99. The van der Waals surface area contributed by atoms with Gasteiger partial charge < -0.3 is 15.4 Å². The zero-order valence-electron chi connectivity index (χ0n) is 11.5. The molecular weight excluding hydrogens is 302 g/mol. The van der Waals surface area contributed by atoms with Crippen LogP contribution < -0.4 is 10.6 Å². The van der Waals surface area contributed by atoms with Crippen LogP contribution in [0.25, 0.3) is 0 Å². The molecule has 2 heterocycles. The molecule has 2 unspecified atom stereocenters. The molecule has 1 aliphatic rings. The number of ether oxygens (including phenoxy) is 1. The Labute approximate surface area is 121 Å². The molecule has 2 atom stereocenters. The van der Waals surface area contributed by atoms with E-state index in [0.29, 0.717) is 18.1 Å². The van der Waals surface area contributed by atoms with Crippen molar-refractivity contribution in [2.45, 2.75) is 11.8 Å². The quantitative estimate of drug-likeness (QED) is 0.803. The number of carbonyl (C=O) groups excluding carboxylic acids is 1. The highest BCUT2D eigenvalue weighted by atomic mass is 32.2. The second kappa shape index (κ2) is 5.21. The number of nitrogens with two attached hydrogens (primary N) is 1. The molecule has 2 N–H and O–H groups in total. The number of methoxy groups -OCH3 is 1. The van der Waals surface area contributed by atoms with Gasteiger partial charge in [-0.2, -0.15) is 4.37 Å². The number of anilines is 2. The molecule has 7 nitrogen and oxygen atoms in total. The maximum Gasteiger partial charge on any atom is 0.310 e. The Kier molecular flexibility index (Phi) is 3.92. The predicted octanol–water partition coefficient (Wildman–Crippen LogP) is 0.374. The molecule has 1 fully saturated rings. The lowest BCUT2D eigenvalue weighted by Gasteiger charge is -2.16. The van der Waals surface area contributed by atoms with Gasteiger partial charge in [-0.05, 0) is 17.5 Å². The minimum atomic E-state index is -3.45. The summed E-state index contributed by atoms with van der Waals surface area (Å²) in [6.45, 7) is 2.92. The average molecular weight is 319 g/mol. The van der Waals surface area contributed by atoms with Crippen LogP contribution in [0, 0.1) is 11.8 Å². The number of aromatic nitrogens is 1. The van der Waals surface area contributed by atoms with Crippen molar-refractivity contribution in [3.05, 3.63) is 0 Å². The largest absolute Gasteiger partial charge is 0.469 e. The zero-order chi connectivity index (χ0) is 15.1. The average Bonchev–Trinajstić information content (AvgIpc) is 2.90. The van der Waals surface area contributed by atoms with E-state index in [1.807, 2.05) is 11.8 Å². The highest BCUT2D eigenvalue weighted by molar-refractivity contribution is 7.91. The van der Waals surface area contributed by atoms with Crippen LogP contribution in [0.15, 0.2) is 4.90 Å². The summed E-state index contributed by atoms with van der Waals surface area (Å²) in [5.74, 6) is -0.450. The first kappa shape index (κ1) is 15.0. The molecule has 9 heteroatoms. The molecule has 0 saturated carbocycles. The molecule has 1 aromatic rings. The molecule has 0 aliphatic carbocycles. The SMILES string of the molecule is COC(=O)C1CN(c2snc(N)c2S(C)(=O)=O)CC1C. The van der Waals surface area contributed by atoms with E-state index >= 15 is 0 Å². The fourth-order valence-corrected chi connectivity index (χ4v) is 4.65. The summed E-state index contributed by atoms with van der Waals surface area (Å²) < 4.78 is 32.3. The summed E-state index contributed by atoms with van der Waals surface area (Å²) in [6, 6.07) is 0. The summed E-state index contributed by atoms with van der Waals surface area (Å²) in [5, 5.41) is 0.503. The van der Waals surface area contributed by atoms with Gasteiger partial charge in [-0.25, -0.2) is 8.42 Å². The molecule has 0 amide bonds. The molecule has 20 heavy (non-hydrogen) atoms. The third kappa shape index (κ3) is 2.59. The van der Waals surface area contributed by atoms with E-state index in [4.69, 9.17) is 10.5 Å². The van der Waals surface area contributed by atoms with E-state index in [0.717, 1.165) is 17.8 Å². The number of rotatable bonds is 3. The van der Waals surface area contributed by atoms with Crippen LogP contribution in [-0.2, 0) is 19.4 Å². The monoisotopic (exact) mass is 319 g/mol. The topological polar surface area (TPSA) is 103 Å². The van der Waals surface area contributed by atoms with Gasteiger partial charge in [-0.3, -0.25) is 4.79 Å². The van der Waals surface area contributed by atoms with Crippen LogP contribution >= 0.6 is 11.5 Å². The summed E-state index contributed by atoms with van der Waals surface area (Å²) in [4.78, 5) is 13.6. The highest BCUT2D eigenvalue weighted by Gasteiger charge is 2.38. The predicted molar refractivity (Wildman–Crippen MR) is 76.5 cm³/mol. The lowest BCUT2D eigenvalue weighted by Crippen LogP contribution is -2.24. The number of nitrogen functional groups attached to an aromatic ring is 1. The molecule has 1 aliphatic heterocycles. The molecule has 112 valence electrons. The minimum absolute atomic E-state index is 0.0154. The number of nitrogens with zero attached hydrogens (tertiary/aromatic N) is 2. The molecule has 0 radical (unpaired) electrons. The standard InChI is InChI=1S/C11H17N3O4S2/c1-6-4-14(5-7(6)11(15)18-2)10-8(20(3,16)17)9(12)13-19-10/h6-7H,4-5H2,1-3H3,(H2,12,13). The third-order valence-corrected chi connectivity index (χ3v) is 5.63. The Morgan fingerprint density at radius 3 is 2.70 bits per heavy atom. The van der Waals surface area contributed by atoms with Gasteiger partial charge in [-0.15, -0.1) is 0 Å². The van der Waals surface area contributed by atoms with Crippen LogP contribution in [0.4, 0.5) is 10.8 Å². The molecular formula is C11H17N3O4S2. The fourth-order valence-electron chi connectivity index (χ4n) is 2.43. The van der Waals surface area contributed by atoms with Crippen molar-refractivity contribution in [3.8, 4) is 0 Å². The van der Waals surface area contributed by atoms with Crippen LogP contribution in [0.2, 0.25) is 0 Å². The Morgan fingerprint density at radius 2 is 2.15 bits per heavy atom. The van der Waals surface area contributed by atoms with Crippen molar-refractivity contribution in [1.29, 1.82) is 0 Å². The van der Waals surface area contributed by atoms with Crippen molar-refractivity contribution in [2.24, 2.45) is 11.8 Å². The number of esters is 1. The number of sulfone groups is 1. The van der Waals surface area contributed by atoms with Crippen LogP contribution in [0.1, 0.15) is 6.92 Å².